The minimum atomic E-state index is -0.400. The van der Waals surface area contributed by atoms with Gasteiger partial charge in [-0.05, 0) is 23.8 Å². The Morgan fingerprint density at radius 3 is 2.58 bits per heavy atom. The van der Waals surface area contributed by atoms with Crippen LogP contribution in [-0.2, 0) is 13.0 Å². The maximum atomic E-state index is 11.3. The predicted octanol–water partition coefficient (Wildman–Crippen LogP) is 1.65. The number of methoxy groups -OCH3 is 2. The molecular formula is C18H21N2O6+. The van der Waals surface area contributed by atoms with E-state index in [2.05, 4.69) is 0 Å². The lowest BCUT2D eigenvalue weighted by Crippen LogP contribution is -2.83. The van der Waals surface area contributed by atoms with Crippen LogP contribution < -0.4 is 24.3 Å². The molecule has 26 heavy (non-hydrogen) atoms. The molecule has 0 radical (unpaired) electrons. The highest BCUT2D eigenvalue weighted by molar-refractivity contribution is 5.54. The summed E-state index contributed by atoms with van der Waals surface area (Å²) < 4.78 is 21.1. The molecule has 0 saturated heterocycles. The average Bonchev–Trinajstić information content (AvgIpc) is 3.12. The van der Waals surface area contributed by atoms with Crippen molar-refractivity contribution in [2.45, 2.75) is 13.0 Å². The van der Waals surface area contributed by atoms with E-state index in [0.717, 1.165) is 30.0 Å². The summed E-state index contributed by atoms with van der Waals surface area (Å²) in [6.07, 6.45) is 0.817. The summed E-state index contributed by atoms with van der Waals surface area (Å²) in [4.78, 5) is 10.9. The van der Waals surface area contributed by atoms with E-state index >= 15 is 0 Å². The van der Waals surface area contributed by atoms with E-state index in [0.29, 0.717) is 23.6 Å². The number of fused-ring (bicyclic) bond motifs is 1. The van der Waals surface area contributed by atoms with Crippen molar-refractivity contribution < 1.29 is 29.2 Å². The molecule has 0 unspecified atom stereocenters. The van der Waals surface area contributed by atoms with Crippen LogP contribution in [0.25, 0.3) is 0 Å². The van der Waals surface area contributed by atoms with Crippen molar-refractivity contribution in [3.63, 3.8) is 0 Å². The van der Waals surface area contributed by atoms with Gasteiger partial charge in [-0.1, -0.05) is 6.07 Å². The molecule has 2 aromatic carbocycles. The Labute approximate surface area is 150 Å². The number of hydrogen-bond donors (Lipinski definition) is 1. The predicted molar refractivity (Wildman–Crippen MR) is 93.0 cm³/mol. The molecular weight excluding hydrogens is 340 g/mol. The van der Waals surface area contributed by atoms with Gasteiger partial charge in [0.05, 0.1) is 37.3 Å². The van der Waals surface area contributed by atoms with Crippen molar-refractivity contribution in [3.8, 4) is 23.0 Å². The number of hydrogen-bond acceptors (Lipinski definition) is 6. The molecule has 0 saturated carbocycles. The van der Waals surface area contributed by atoms with Crippen molar-refractivity contribution in [3.05, 3.63) is 51.6 Å². The van der Waals surface area contributed by atoms with Crippen LogP contribution in [0.2, 0.25) is 0 Å². The number of quaternary nitrogens is 1. The first-order valence-electron chi connectivity index (χ1n) is 8.22. The van der Waals surface area contributed by atoms with Gasteiger partial charge >= 0.3 is 0 Å². The van der Waals surface area contributed by atoms with Gasteiger partial charge in [0.2, 0.25) is 6.79 Å². The Balaban J connectivity index is 1.63. The number of nitrogens with two attached hydrogens (primary N) is 1. The van der Waals surface area contributed by atoms with Crippen LogP contribution in [0.4, 0.5) is 5.69 Å². The highest BCUT2D eigenvalue weighted by Gasteiger charge is 2.20. The van der Waals surface area contributed by atoms with Gasteiger partial charge in [-0.25, -0.2) is 0 Å². The van der Waals surface area contributed by atoms with E-state index in [1.54, 1.807) is 6.07 Å². The maximum absolute atomic E-state index is 11.3. The van der Waals surface area contributed by atoms with Crippen LogP contribution in [0.1, 0.15) is 11.1 Å². The zero-order chi connectivity index (χ0) is 18.5. The summed E-state index contributed by atoms with van der Waals surface area (Å²) in [6, 6.07) is 8.93. The standard InChI is InChI=1S/C18H20N2O6/c1-23-16-8-13(14(20(21)22)9-17(16)24-2)10-19-6-5-12-3-4-15-18(7-12)26-11-25-15/h3-4,7-9,19H,5-6,10-11H2,1-2H3/p+1. The third kappa shape index (κ3) is 3.80. The number of nitrogens with zero attached hydrogens (tertiary/aromatic N) is 1. The van der Waals surface area contributed by atoms with Gasteiger partial charge in [-0.3, -0.25) is 10.1 Å². The molecule has 1 aliphatic rings. The first kappa shape index (κ1) is 17.8. The zero-order valence-electron chi connectivity index (χ0n) is 14.7. The first-order valence-corrected chi connectivity index (χ1v) is 8.22. The smallest absolute Gasteiger partial charge is 0.282 e. The van der Waals surface area contributed by atoms with Crippen molar-refractivity contribution in [2.75, 3.05) is 27.6 Å². The molecule has 0 atom stereocenters. The lowest BCUT2D eigenvalue weighted by molar-refractivity contribution is -0.670. The van der Waals surface area contributed by atoms with E-state index in [9.17, 15) is 10.1 Å². The van der Waals surface area contributed by atoms with Crippen LogP contribution >= 0.6 is 0 Å². The van der Waals surface area contributed by atoms with Gasteiger partial charge in [-0.2, -0.15) is 0 Å². The normalized spacial score (nSPS) is 12.1. The minimum Gasteiger partial charge on any atom is -0.493 e. The molecule has 2 N–H and O–H groups in total. The second kappa shape index (κ2) is 7.92. The fraction of sp³-hybridized carbons (Fsp3) is 0.333. The molecule has 0 bridgehead atoms. The zero-order valence-corrected chi connectivity index (χ0v) is 14.7. The van der Waals surface area contributed by atoms with E-state index in [1.165, 1.54) is 20.3 Å². The van der Waals surface area contributed by atoms with Crippen LogP contribution in [-0.4, -0.2) is 32.5 Å². The quantitative estimate of drug-likeness (QED) is 0.436. The van der Waals surface area contributed by atoms with Gasteiger partial charge < -0.3 is 24.3 Å². The molecule has 2 aromatic rings. The van der Waals surface area contributed by atoms with Crippen molar-refractivity contribution >= 4 is 5.69 Å². The molecule has 0 aliphatic carbocycles. The van der Waals surface area contributed by atoms with E-state index < -0.39 is 4.92 Å². The van der Waals surface area contributed by atoms with Crippen molar-refractivity contribution in [1.82, 2.24) is 0 Å². The Morgan fingerprint density at radius 1 is 1.12 bits per heavy atom. The van der Waals surface area contributed by atoms with Gasteiger partial charge in [0, 0.05) is 6.42 Å². The Kier molecular flexibility index (Phi) is 5.43. The molecule has 8 nitrogen and oxygen atoms in total. The summed E-state index contributed by atoms with van der Waals surface area (Å²) in [6.45, 7) is 1.51. The molecule has 0 fully saturated rings. The van der Waals surface area contributed by atoms with Crippen LogP contribution in [0.3, 0.4) is 0 Å². The van der Waals surface area contributed by atoms with Gasteiger partial charge in [0.15, 0.2) is 23.0 Å². The highest BCUT2D eigenvalue weighted by Crippen LogP contribution is 2.34. The molecule has 0 aromatic heterocycles. The number of rotatable bonds is 8. The molecule has 1 aliphatic heterocycles. The lowest BCUT2D eigenvalue weighted by Gasteiger charge is -2.10. The topological polar surface area (TPSA) is 96.7 Å². The summed E-state index contributed by atoms with van der Waals surface area (Å²) >= 11 is 0. The minimum absolute atomic E-state index is 0.0296. The van der Waals surface area contributed by atoms with Gasteiger partial charge in [-0.15, -0.1) is 0 Å². The van der Waals surface area contributed by atoms with Crippen molar-refractivity contribution in [2.24, 2.45) is 0 Å². The van der Waals surface area contributed by atoms with Crippen molar-refractivity contribution in [1.29, 1.82) is 0 Å². The SMILES string of the molecule is COc1cc(C[NH2+]CCc2ccc3c(c2)OCO3)c([N+](=O)[O-])cc1OC. The lowest BCUT2D eigenvalue weighted by atomic mass is 10.1. The fourth-order valence-electron chi connectivity index (χ4n) is 2.87. The first-order chi connectivity index (χ1) is 12.6. The number of nitro benzene ring substituents is 1. The highest BCUT2D eigenvalue weighted by atomic mass is 16.7. The Hall–Kier alpha value is -3.00. The molecule has 1 heterocycles. The molecule has 8 heteroatoms. The second-order valence-corrected chi connectivity index (χ2v) is 5.81. The fourth-order valence-corrected chi connectivity index (χ4v) is 2.87. The van der Waals surface area contributed by atoms with Gasteiger partial charge in [0.25, 0.3) is 5.69 Å². The number of ether oxygens (including phenoxy) is 4. The summed E-state index contributed by atoms with van der Waals surface area (Å²) in [5.74, 6) is 2.36. The Morgan fingerprint density at radius 2 is 1.85 bits per heavy atom. The molecule has 0 amide bonds. The summed E-state index contributed by atoms with van der Waals surface area (Å²) in [5, 5.41) is 13.3. The van der Waals surface area contributed by atoms with E-state index in [4.69, 9.17) is 18.9 Å². The van der Waals surface area contributed by atoms with Crippen LogP contribution in [0, 0.1) is 10.1 Å². The largest absolute Gasteiger partial charge is 0.493 e. The van der Waals surface area contributed by atoms with Gasteiger partial charge in [0.1, 0.15) is 6.54 Å². The average molecular weight is 361 g/mol. The molecule has 0 spiro atoms. The number of benzene rings is 2. The van der Waals surface area contributed by atoms with Crippen LogP contribution in [0.15, 0.2) is 30.3 Å². The summed E-state index contributed by atoms with van der Waals surface area (Å²) in [7, 11) is 2.97. The maximum Gasteiger partial charge on any atom is 0.282 e. The Bertz CT molecular complexity index is 809. The van der Waals surface area contributed by atoms with E-state index in [-0.39, 0.29) is 12.5 Å². The monoisotopic (exact) mass is 361 g/mol. The third-order valence-electron chi connectivity index (χ3n) is 4.22. The summed E-state index contributed by atoms with van der Waals surface area (Å²) in [5.41, 5.74) is 1.76. The van der Waals surface area contributed by atoms with Crippen LogP contribution in [0.5, 0.6) is 23.0 Å². The van der Waals surface area contributed by atoms with E-state index in [1.807, 2.05) is 23.5 Å². The molecule has 138 valence electrons. The second-order valence-electron chi connectivity index (χ2n) is 5.81. The third-order valence-corrected chi connectivity index (χ3v) is 4.22. The number of nitro groups is 1. The molecule has 3 rings (SSSR count).